The van der Waals surface area contributed by atoms with Crippen molar-refractivity contribution < 1.29 is 13.2 Å². The SMILES string of the molecule is FC(F)(F)C1(Cl)C(Cl)C1(Cl)Cl. The second-order valence-corrected chi connectivity index (χ2v) is 4.61. The maximum atomic E-state index is 12.0. The van der Waals surface area contributed by atoms with E-state index in [0.29, 0.717) is 0 Å². The van der Waals surface area contributed by atoms with Crippen LogP contribution in [0.5, 0.6) is 0 Å². The fourth-order valence-corrected chi connectivity index (χ4v) is 2.22. The van der Waals surface area contributed by atoms with Crippen LogP contribution in [0.15, 0.2) is 0 Å². The van der Waals surface area contributed by atoms with Gasteiger partial charge >= 0.3 is 6.18 Å². The average molecular weight is 248 g/mol. The molecule has 7 heteroatoms. The second kappa shape index (κ2) is 2.25. The molecular formula is C4HCl4F3. The fraction of sp³-hybridized carbons (Fsp3) is 1.00. The van der Waals surface area contributed by atoms with Crippen LogP contribution in [0.3, 0.4) is 0 Å². The summed E-state index contributed by atoms with van der Waals surface area (Å²) in [7, 11) is 0. The Morgan fingerprint density at radius 2 is 1.36 bits per heavy atom. The first kappa shape index (κ1) is 10.0. The molecule has 1 aliphatic carbocycles. The molecule has 1 fully saturated rings. The van der Waals surface area contributed by atoms with Gasteiger partial charge in [0.2, 0.25) is 0 Å². The molecule has 1 aliphatic rings. The van der Waals surface area contributed by atoms with Crippen molar-refractivity contribution in [3.05, 3.63) is 0 Å². The number of hydrogen-bond donors (Lipinski definition) is 0. The molecular weight excluding hydrogens is 247 g/mol. The number of rotatable bonds is 0. The summed E-state index contributed by atoms with van der Waals surface area (Å²) in [6.07, 6.45) is -4.68. The van der Waals surface area contributed by atoms with E-state index in [1.54, 1.807) is 0 Å². The van der Waals surface area contributed by atoms with Gasteiger partial charge in [-0.3, -0.25) is 0 Å². The standard InChI is InChI=1S/C4HCl4F3/c5-1-2(6,3(1,7)8)4(9,10)11/h1H. The topological polar surface area (TPSA) is 0 Å². The van der Waals surface area contributed by atoms with Crippen molar-refractivity contribution in [2.75, 3.05) is 0 Å². The van der Waals surface area contributed by atoms with Gasteiger partial charge in [-0.2, -0.15) is 13.2 Å². The van der Waals surface area contributed by atoms with Gasteiger partial charge in [0.1, 0.15) is 0 Å². The zero-order valence-electron chi connectivity index (χ0n) is 4.72. The summed E-state index contributed by atoms with van der Waals surface area (Å²) >= 11 is 20.5. The van der Waals surface area contributed by atoms with Gasteiger partial charge in [-0.1, -0.05) is 23.2 Å². The van der Waals surface area contributed by atoms with Crippen molar-refractivity contribution in [2.24, 2.45) is 0 Å². The van der Waals surface area contributed by atoms with Gasteiger partial charge in [0.25, 0.3) is 0 Å². The van der Waals surface area contributed by atoms with E-state index in [9.17, 15) is 13.2 Å². The van der Waals surface area contributed by atoms with Crippen LogP contribution in [0.1, 0.15) is 0 Å². The lowest BCUT2D eigenvalue weighted by atomic mass is 10.4. The van der Waals surface area contributed by atoms with Gasteiger partial charge in [-0.25, -0.2) is 0 Å². The quantitative estimate of drug-likeness (QED) is 0.576. The zero-order chi connectivity index (χ0) is 9.08. The maximum Gasteiger partial charge on any atom is 0.412 e. The highest BCUT2D eigenvalue weighted by Crippen LogP contribution is 2.70. The van der Waals surface area contributed by atoms with Crippen LogP contribution in [0.25, 0.3) is 0 Å². The molecule has 0 bridgehead atoms. The highest BCUT2D eigenvalue weighted by molar-refractivity contribution is 6.64. The van der Waals surface area contributed by atoms with Crippen LogP contribution in [-0.2, 0) is 0 Å². The van der Waals surface area contributed by atoms with E-state index in [0.717, 1.165) is 0 Å². The molecule has 11 heavy (non-hydrogen) atoms. The van der Waals surface area contributed by atoms with E-state index in [4.69, 9.17) is 46.4 Å². The Morgan fingerprint density at radius 3 is 1.36 bits per heavy atom. The Bertz CT molecular complexity index is 176. The number of alkyl halides is 7. The molecule has 0 N–H and O–H groups in total. The van der Waals surface area contributed by atoms with E-state index in [1.807, 2.05) is 0 Å². The maximum absolute atomic E-state index is 12.0. The van der Waals surface area contributed by atoms with Gasteiger partial charge in [-0.15, -0.1) is 23.2 Å². The average Bonchev–Trinajstić information content (AvgIpc) is 2.14. The molecule has 2 atom stereocenters. The number of hydrogen-bond acceptors (Lipinski definition) is 0. The number of halogens is 7. The van der Waals surface area contributed by atoms with Crippen molar-refractivity contribution in [1.29, 1.82) is 0 Å². The lowest BCUT2D eigenvalue weighted by Crippen LogP contribution is -2.31. The molecule has 0 radical (unpaired) electrons. The predicted molar refractivity (Wildman–Crippen MR) is 38.7 cm³/mol. The normalized spacial score (nSPS) is 42.3. The van der Waals surface area contributed by atoms with Gasteiger partial charge in [0.15, 0.2) is 9.21 Å². The molecule has 0 aliphatic heterocycles. The fourth-order valence-electron chi connectivity index (χ4n) is 0.667. The molecule has 0 heterocycles. The van der Waals surface area contributed by atoms with Crippen LogP contribution >= 0.6 is 46.4 Å². The third kappa shape index (κ3) is 1.05. The Morgan fingerprint density at radius 1 is 1.09 bits per heavy atom. The third-order valence-corrected chi connectivity index (χ3v) is 4.43. The monoisotopic (exact) mass is 246 g/mol. The third-order valence-electron chi connectivity index (χ3n) is 1.48. The second-order valence-electron chi connectivity index (χ2n) is 2.20. The van der Waals surface area contributed by atoms with Crippen LogP contribution in [0.2, 0.25) is 0 Å². The molecule has 1 saturated carbocycles. The van der Waals surface area contributed by atoms with E-state index in [2.05, 4.69) is 0 Å². The largest absolute Gasteiger partial charge is 0.412 e. The van der Waals surface area contributed by atoms with Crippen molar-refractivity contribution in [2.45, 2.75) is 20.8 Å². The molecule has 1 rings (SSSR count). The first-order valence-corrected chi connectivity index (χ1v) is 4.00. The molecule has 0 saturated heterocycles. The summed E-state index contributed by atoms with van der Waals surface area (Å²) in [5, 5.41) is -1.49. The van der Waals surface area contributed by atoms with E-state index >= 15 is 0 Å². The van der Waals surface area contributed by atoms with E-state index in [-0.39, 0.29) is 0 Å². The van der Waals surface area contributed by atoms with Crippen LogP contribution in [0, 0.1) is 0 Å². The highest BCUT2D eigenvalue weighted by atomic mass is 35.5. The summed E-state index contributed by atoms with van der Waals surface area (Å²) in [5.41, 5.74) is 0. The molecule has 0 aromatic heterocycles. The smallest absolute Gasteiger partial charge is 0.169 e. The summed E-state index contributed by atoms with van der Waals surface area (Å²) < 4.78 is 33.9. The molecule has 0 aromatic rings. The summed E-state index contributed by atoms with van der Waals surface area (Å²) in [5.74, 6) is 0. The Hall–Kier alpha value is 0.950. The van der Waals surface area contributed by atoms with Crippen molar-refractivity contribution in [3.63, 3.8) is 0 Å². The first-order valence-electron chi connectivity index (χ1n) is 2.43. The van der Waals surface area contributed by atoms with Gasteiger partial charge in [0, 0.05) is 0 Å². The Labute approximate surface area is 80.5 Å². The molecule has 0 aromatic carbocycles. The van der Waals surface area contributed by atoms with E-state index < -0.39 is 20.8 Å². The summed E-state index contributed by atoms with van der Waals surface area (Å²) in [6.45, 7) is 0. The lowest BCUT2D eigenvalue weighted by molar-refractivity contribution is -0.138. The van der Waals surface area contributed by atoms with Crippen LogP contribution < -0.4 is 0 Å². The minimum Gasteiger partial charge on any atom is -0.169 e. The van der Waals surface area contributed by atoms with Crippen LogP contribution in [-0.4, -0.2) is 20.8 Å². The van der Waals surface area contributed by atoms with Gasteiger partial charge < -0.3 is 0 Å². The van der Waals surface area contributed by atoms with Gasteiger partial charge in [-0.05, 0) is 0 Å². The predicted octanol–water partition coefficient (Wildman–Crippen LogP) is 3.32. The minimum atomic E-state index is -4.68. The Balaban J connectivity index is 2.92. The van der Waals surface area contributed by atoms with Crippen molar-refractivity contribution >= 4 is 46.4 Å². The summed E-state index contributed by atoms with van der Waals surface area (Å²) in [4.78, 5) is -2.69. The minimum absolute atomic E-state index is 1.49. The zero-order valence-corrected chi connectivity index (χ0v) is 7.75. The summed E-state index contributed by atoms with van der Waals surface area (Å²) in [6, 6.07) is 0. The molecule has 2 unspecified atom stereocenters. The molecule has 0 amide bonds. The molecule has 0 nitrogen and oxygen atoms in total. The van der Waals surface area contributed by atoms with Crippen molar-refractivity contribution in [3.8, 4) is 0 Å². The first-order chi connectivity index (χ1) is 4.65. The molecule has 0 spiro atoms. The van der Waals surface area contributed by atoms with Crippen molar-refractivity contribution in [1.82, 2.24) is 0 Å². The lowest BCUT2D eigenvalue weighted by Gasteiger charge is -2.12. The van der Waals surface area contributed by atoms with Crippen LogP contribution in [0.4, 0.5) is 13.2 Å². The molecule has 66 valence electrons. The Kier molecular flexibility index (Phi) is 2.05. The van der Waals surface area contributed by atoms with Gasteiger partial charge in [0.05, 0.1) is 5.38 Å². The highest BCUT2D eigenvalue weighted by Gasteiger charge is 2.87. The van der Waals surface area contributed by atoms with E-state index in [1.165, 1.54) is 0 Å².